The number of halogens is 1. The highest BCUT2D eigenvalue weighted by Crippen LogP contribution is 2.27. The smallest absolute Gasteiger partial charge is 0.0710 e. The second-order valence-electron chi connectivity index (χ2n) is 4.06. The van der Waals surface area contributed by atoms with Crippen LogP contribution in [0.3, 0.4) is 0 Å². The van der Waals surface area contributed by atoms with Crippen LogP contribution in [0.4, 0.5) is 5.69 Å². The molecule has 2 aromatic rings. The molecule has 16 heavy (non-hydrogen) atoms. The normalized spacial score (nSPS) is 11.1. The molecule has 0 aliphatic rings. The van der Waals surface area contributed by atoms with Gasteiger partial charge in [0.1, 0.15) is 0 Å². The number of anilines is 1. The molecule has 1 heterocycles. The Morgan fingerprint density at radius 2 is 2.06 bits per heavy atom. The number of hydrogen-bond acceptors (Lipinski definition) is 3. The zero-order chi connectivity index (χ0) is 11.7. The van der Waals surface area contributed by atoms with E-state index in [-0.39, 0.29) is 0 Å². The van der Waals surface area contributed by atoms with Crippen molar-refractivity contribution in [1.82, 2.24) is 4.98 Å². The molecule has 0 aliphatic carbocycles. The number of fused-ring (bicyclic) bond motifs is 1. The Balaban J connectivity index is 2.70. The molecule has 3 nitrogen and oxygen atoms in total. The molecule has 1 aromatic carbocycles. The van der Waals surface area contributed by atoms with E-state index in [2.05, 4.69) is 24.3 Å². The van der Waals surface area contributed by atoms with Crippen LogP contribution in [-0.4, -0.2) is 4.98 Å². The van der Waals surface area contributed by atoms with Gasteiger partial charge in [0.25, 0.3) is 0 Å². The summed E-state index contributed by atoms with van der Waals surface area (Å²) in [5.41, 5.74) is 5.44. The minimum atomic E-state index is 0.325. The summed E-state index contributed by atoms with van der Waals surface area (Å²) in [5, 5.41) is 1.69. The van der Waals surface area contributed by atoms with Crippen molar-refractivity contribution in [1.29, 1.82) is 0 Å². The van der Waals surface area contributed by atoms with E-state index >= 15 is 0 Å². The van der Waals surface area contributed by atoms with E-state index in [1.54, 1.807) is 0 Å². The Labute approximate surface area is 99.6 Å². The first-order chi connectivity index (χ1) is 7.61. The van der Waals surface area contributed by atoms with Gasteiger partial charge in [-0.2, -0.15) is 0 Å². The van der Waals surface area contributed by atoms with E-state index in [1.807, 2.05) is 24.3 Å². The summed E-state index contributed by atoms with van der Waals surface area (Å²) in [5.74, 6) is 5.82. The number of nitrogens with one attached hydrogen (secondary N) is 1. The third kappa shape index (κ3) is 1.96. The van der Waals surface area contributed by atoms with E-state index < -0.39 is 0 Å². The maximum Gasteiger partial charge on any atom is 0.0710 e. The fraction of sp³-hybridized carbons (Fsp3) is 0.250. The molecular formula is C12H14ClN3. The Bertz CT molecular complexity index is 523. The minimum Gasteiger partial charge on any atom is -0.322 e. The van der Waals surface area contributed by atoms with Gasteiger partial charge in [-0.3, -0.25) is 10.8 Å². The van der Waals surface area contributed by atoms with Crippen molar-refractivity contribution in [2.45, 2.75) is 19.8 Å². The van der Waals surface area contributed by atoms with Crippen LogP contribution in [0.15, 0.2) is 24.3 Å². The first kappa shape index (κ1) is 11.2. The summed E-state index contributed by atoms with van der Waals surface area (Å²) in [6, 6.07) is 7.62. The number of nitrogens with two attached hydrogens (primary N) is 1. The molecule has 4 heteroatoms. The lowest BCUT2D eigenvalue weighted by atomic mass is 10.1. The van der Waals surface area contributed by atoms with Crippen LogP contribution in [0.1, 0.15) is 25.5 Å². The topological polar surface area (TPSA) is 50.9 Å². The van der Waals surface area contributed by atoms with Crippen molar-refractivity contribution < 1.29 is 0 Å². The predicted molar refractivity (Wildman–Crippen MR) is 68.7 cm³/mol. The van der Waals surface area contributed by atoms with Gasteiger partial charge in [-0.1, -0.05) is 25.4 Å². The van der Waals surface area contributed by atoms with Gasteiger partial charge in [-0.25, -0.2) is 0 Å². The lowest BCUT2D eigenvalue weighted by Crippen LogP contribution is -2.11. The van der Waals surface area contributed by atoms with E-state index in [1.165, 1.54) is 0 Å². The van der Waals surface area contributed by atoms with Gasteiger partial charge in [-0.05, 0) is 30.2 Å². The van der Waals surface area contributed by atoms with Crippen molar-refractivity contribution in [2.75, 3.05) is 5.43 Å². The van der Waals surface area contributed by atoms with E-state index in [4.69, 9.17) is 17.4 Å². The van der Waals surface area contributed by atoms with E-state index in [9.17, 15) is 0 Å². The molecule has 0 atom stereocenters. The summed E-state index contributed by atoms with van der Waals surface area (Å²) >= 11 is 5.94. The molecule has 0 unspecified atom stereocenters. The maximum atomic E-state index is 5.94. The number of nitrogen functional groups attached to an aromatic ring is 1. The van der Waals surface area contributed by atoms with Gasteiger partial charge in [0.05, 0.1) is 16.9 Å². The third-order valence-electron chi connectivity index (χ3n) is 2.51. The van der Waals surface area contributed by atoms with Crippen molar-refractivity contribution in [2.24, 2.45) is 5.84 Å². The average Bonchev–Trinajstić information content (AvgIpc) is 2.26. The van der Waals surface area contributed by atoms with Crippen LogP contribution >= 0.6 is 11.6 Å². The van der Waals surface area contributed by atoms with Crippen LogP contribution in [0, 0.1) is 0 Å². The van der Waals surface area contributed by atoms with Crippen LogP contribution < -0.4 is 11.3 Å². The Hall–Kier alpha value is -1.32. The maximum absolute atomic E-state index is 5.94. The highest BCUT2D eigenvalue weighted by atomic mass is 35.5. The SMILES string of the molecule is CC(C)c1nc2ccc(Cl)cc2cc1NN. The number of aromatic nitrogens is 1. The van der Waals surface area contributed by atoms with Gasteiger partial charge in [0, 0.05) is 10.4 Å². The van der Waals surface area contributed by atoms with Crippen molar-refractivity contribution >= 4 is 28.2 Å². The number of nitrogens with zero attached hydrogens (tertiary/aromatic N) is 1. The molecule has 0 saturated carbocycles. The zero-order valence-electron chi connectivity index (χ0n) is 9.29. The molecule has 1 aromatic heterocycles. The highest BCUT2D eigenvalue weighted by Gasteiger charge is 2.09. The number of pyridine rings is 1. The largest absolute Gasteiger partial charge is 0.322 e. The van der Waals surface area contributed by atoms with Crippen LogP contribution in [0.5, 0.6) is 0 Å². The fourth-order valence-corrected chi connectivity index (χ4v) is 1.90. The van der Waals surface area contributed by atoms with Gasteiger partial charge < -0.3 is 5.43 Å². The molecule has 84 valence electrons. The average molecular weight is 236 g/mol. The summed E-state index contributed by atoms with van der Waals surface area (Å²) in [6.07, 6.45) is 0. The fourth-order valence-electron chi connectivity index (χ4n) is 1.72. The first-order valence-corrected chi connectivity index (χ1v) is 5.56. The predicted octanol–water partition coefficient (Wildman–Crippen LogP) is 3.30. The van der Waals surface area contributed by atoms with Gasteiger partial charge in [-0.15, -0.1) is 0 Å². The van der Waals surface area contributed by atoms with Crippen molar-refractivity contribution in [3.63, 3.8) is 0 Å². The number of hydrogen-bond donors (Lipinski definition) is 2. The van der Waals surface area contributed by atoms with Crippen LogP contribution in [0.25, 0.3) is 10.9 Å². The monoisotopic (exact) mass is 235 g/mol. The second kappa shape index (κ2) is 4.28. The Morgan fingerprint density at radius 3 is 2.69 bits per heavy atom. The molecule has 0 saturated heterocycles. The summed E-state index contributed by atoms with van der Waals surface area (Å²) in [7, 11) is 0. The number of rotatable bonds is 2. The second-order valence-corrected chi connectivity index (χ2v) is 4.49. The Morgan fingerprint density at radius 1 is 1.31 bits per heavy atom. The highest BCUT2D eigenvalue weighted by molar-refractivity contribution is 6.31. The molecular weight excluding hydrogens is 222 g/mol. The molecule has 0 fully saturated rings. The van der Waals surface area contributed by atoms with Gasteiger partial charge >= 0.3 is 0 Å². The van der Waals surface area contributed by atoms with E-state index in [0.29, 0.717) is 10.9 Å². The molecule has 3 N–H and O–H groups in total. The first-order valence-electron chi connectivity index (χ1n) is 5.18. The van der Waals surface area contributed by atoms with Gasteiger partial charge in [0.2, 0.25) is 0 Å². The number of hydrazine groups is 1. The summed E-state index contributed by atoms with van der Waals surface area (Å²) in [4.78, 5) is 4.59. The lowest BCUT2D eigenvalue weighted by Gasteiger charge is -2.12. The van der Waals surface area contributed by atoms with Crippen LogP contribution in [-0.2, 0) is 0 Å². The van der Waals surface area contributed by atoms with Crippen molar-refractivity contribution in [3.05, 3.63) is 35.0 Å². The molecule has 0 aliphatic heterocycles. The third-order valence-corrected chi connectivity index (χ3v) is 2.74. The summed E-state index contributed by atoms with van der Waals surface area (Å²) in [6.45, 7) is 4.18. The standard InChI is InChI=1S/C12H14ClN3/c1-7(2)12-11(16-14)6-8-5-9(13)3-4-10(8)15-12/h3-7,16H,14H2,1-2H3. The molecule has 0 spiro atoms. The minimum absolute atomic E-state index is 0.325. The summed E-state index contributed by atoms with van der Waals surface area (Å²) < 4.78 is 0. The quantitative estimate of drug-likeness (QED) is 0.620. The van der Waals surface area contributed by atoms with Crippen LogP contribution in [0.2, 0.25) is 5.02 Å². The van der Waals surface area contributed by atoms with Crippen molar-refractivity contribution in [3.8, 4) is 0 Å². The zero-order valence-corrected chi connectivity index (χ0v) is 10.0. The van der Waals surface area contributed by atoms with Gasteiger partial charge in [0.15, 0.2) is 0 Å². The Kier molecular flexibility index (Phi) is 2.99. The van der Waals surface area contributed by atoms with E-state index in [0.717, 1.165) is 22.3 Å². The number of benzene rings is 1. The molecule has 0 bridgehead atoms. The molecule has 2 rings (SSSR count). The molecule has 0 radical (unpaired) electrons. The lowest BCUT2D eigenvalue weighted by molar-refractivity contribution is 0.831. The molecule has 0 amide bonds.